The van der Waals surface area contributed by atoms with Gasteiger partial charge in [-0.1, -0.05) is 46.0 Å². The lowest BCUT2D eigenvalue weighted by atomic mass is 10.1. The molecule has 7 heteroatoms. The van der Waals surface area contributed by atoms with Gasteiger partial charge in [-0.25, -0.2) is 0 Å². The van der Waals surface area contributed by atoms with Crippen molar-refractivity contribution in [1.29, 1.82) is 0 Å². The van der Waals surface area contributed by atoms with Crippen molar-refractivity contribution in [3.05, 3.63) is 0 Å². The van der Waals surface area contributed by atoms with Crippen LogP contribution in [-0.4, -0.2) is 37.3 Å². The van der Waals surface area contributed by atoms with Crippen molar-refractivity contribution in [1.82, 2.24) is 0 Å². The molecule has 0 aromatic carbocycles. The molecule has 0 aromatic rings. The van der Waals surface area contributed by atoms with E-state index in [-0.39, 0.29) is 6.42 Å². The first-order valence-corrected chi connectivity index (χ1v) is 9.98. The lowest BCUT2D eigenvalue weighted by Gasteiger charge is -2.19. The van der Waals surface area contributed by atoms with Crippen LogP contribution >= 0.6 is 11.8 Å². The molecule has 0 rings (SSSR count). The zero-order valence-electron chi connectivity index (χ0n) is 15.2. The van der Waals surface area contributed by atoms with Gasteiger partial charge in [-0.05, 0) is 30.8 Å². The maximum atomic E-state index is 12.6. The molecule has 0 unspecified atom stereocenters. The highest BCUT2D eigenvalue weighted by Gasteiger charge is 2.56. The second-order valence-electron chi connectivity index (χ2n) is 5.39. The number of hydrogen-bond acceptors (Lipinski definition) is 2. The lowest BCUT2D eigenvalue weighted by molar-refractivity contribution is -0.284. The number of hydrogen-bond donors (Lipinski definition) is 0. The first-order chi connectivity index (χ1) is 11.3. The topological polar surface area (TPSA) is 9.23 Å². The Morgan fingerprint density at radius 2 is 1.17 bits per heavy atom. The van der Waals surface area contributed by atoms with Crippen LogP contribution in [0.3, 0.4) is 0 Å². The summed E-state index contributed by atoms with van der Waals surface area (Å²) in [6, 6.07) is 0. The van der Waals surface area contributed by atoms with Gasteiger partial charge in [-0.2, -0.15) is 33.7 Å². The molecule has 0 radical (unpaired) electrons. The molecule has 0 aliphatic carbocycles. The van der Waals surface area contributed by atoms with Crippen molar-refractivity contribution in [2.45, 2.75) is 83.7 Å². The van der Waals surface area contributed by atoms with E-state index in [0.29, 0.717) is 5.75 Å². The summed E-state index contributed by atoms with van der Waals surface area (Å²) in [6.45, 7) is 4.81. The van der Waals surface area contributed by atoms with Gasteiger partial charge in [-0.15, -0.1) is 0 Å². The molecule has 0 fully saturated rings. The predicted octanol–water partition coefficient (Wildman–Crippen LogP) is 7.10. The van der Waals surface area contributed by atoms with Crippen LogP contribution in [0.4, 0.5) is 22.0 Å². The Bertz CT molecular complexity index is 260. The number of methoxy groups -OCH3 is 1. The minimum absolute atomic E-state index is 0.101. The Hall–Kier alpha value is -0.0400. The highest BCUT2D eigenvalue weighted by atomic mass is 32.2. The first-order valence-electron chi connectivity index (χ1n) is 8.82. The molecular formula is C17H33F5OS. The van der Waals surface area contributed by atoms with Gasteiger partial charge in [0.1, 0.15) is 0 Å². The zero-order chi connectivity index (χ0) is 18.9. The van der Waals surface area contributed by atoms with Crippen molar-refractivity contribution in [2.24, 2.45) is 0 Å². The van der Waals surface area contributed by atoms with E-state index in [0.717, 1.165) is 38.0 Å². The van der Waals surface area contributed by atoms with Crippen molar-refractivity contribution in [2.75, 3.05) is 25.2 Å². The number of thioether (sulfide) groups is 1. The number of rotatable bonds is 14. The summed E-state index contributed by atoms with van der Waals surface area (Å²) >= 11 is 1.46. The Kier molecular flexibility index (Phi) is 17.9. The third-order valence-electron chi connectivity index (χ3n) is 3.33. The average molecular weight is 381 g/mol. The Morgan fingerprint density at radius 1 is 0.708 bits per heavy atom. The molecule has 0 spiro atoms. The summed E-state index contributed by atoms with van der Waals surface area (Å²) in [5, 5.41) is 0. The molecule has 0 aromatic heterocycles. The highest BCUT2D eigenvalue weighted by Crippen LogP contribution is 2.39. The Balaban J connectivity index is 0. The van der Waals surface area contributed by atoms with E-state index in [1.807, 2.05) is 13.8 Å². The van der Waals surface area contributed by atoms with Crippen LogP contribution in [-0.2, 0) is 4.74 Å². The molecule has 148 valence electrons. The molecule has 0 aliphatic heterocycles. The van der Waals surface area contributed by atoms with Gasteiger partial charge in [0.2, 0.25) is 0 Å². The number of alkyl halides is 5. The van der Waals surface area contributed by atoms with E-state index in [4.69, 9.17) is 4.74 Å². The molecule has 0 bridgehead atoms. The fraction of sp³-hybridized carbons (Fsp3) is 1.00. The van der Waals surface area contributed by atoms with Crippen molar-refractivity contribution in [3.8, 4) is 0 Å². The lowest BCUT2D eigenvalue weighted by Crippen LogP contribution is -2.36. The quantitative estimate of drug-likeness (QED) is 0.235. The maximum Gasteiger partial charge on any atom is 0.453 e. The maximum absolute atomic E-state index is 12.6. The van der Waals surface area contributed by atoms with E-state index in [2.05, 4.69) is 0 Å². The summed E-state index contributed by atoms with van der Waals surface area (Å²) in [7, 11) is 1.70. The second-order valence-corrected chi connectivity index (χ2v) is 6.61. The predicted molar refractivity (Wildman–Crippen MR) is 93.1 cm³/mol. The van der Waals surface area contributed by atoms with Crippen LogP contribution < -0.4 is 0 Å². The number of unbranched alkanes of at least 4 members (excludes halogenated alkanes) is 6. The molecule has 0 atom stereocenters. The van der Waals surface area contributed by atoms with Crippen LogP contribution in [0.2, 0.25) is 0 Å². The molecule has 24 heavy (non-hydrogen) atoms. The van der Waals surface area contributed by atoms with Crippen LogP contribution in [0.15, 0.2) is 0 Å². The van der Waals surface area contributed by atoms with E-state index < -0.39 is 18.5 Å². The van der Waals surface area contributed by atoms with E-state index in [9.17, 15) is 22.0 Å². The summed E-state index contributed by atoms with van der Waals surface area (Å²) in [4.78, 5) is 0. The smallest absolute Gasteiger partial charge is 0.385 e. The molecule has 0 aliphatic rings. The van der Waals surface area contributed by atoms with Crippen LogP contribution in [0.25, 0.3) is 0 Å². The van der Waals surface area contributed by atoms with E-state index >= 15 is 0 Å². The van der Waals surface area contributed by atoms with Gasteiger partial charge >= 0.3 is 12.1 Å². The number of ether oxygens (including phenoxy) is 1. The monoisotopic (exact) mass is 380 g/mol. The Labute approximate surface area is 148 Å². The van der Waals surface area contributed by atoms with E-state index in [1.54, 1.807) is 7.11 Å². The standard InChI is InChI=1S/C15H27F5OS.C2H6/c1-21-11-7-5-3-2-4-6-8-12-22-13-9-10-14(16,17)15(18,19)20;1-2/h2-13H2,1H3;1-2H3. The summed E-state index contributed by atoms with van der Waals surface area (Å²) in [5.41, 5.74) is 0. The number of halogens is 5. The van der Waals surface area contributed by atoms with Crippen molar-refractivity contribution < 1.29 is 26.7 Å². The second kappa shape index (κ2) is 16.4. The SMILES string of the molecule is CC.COCCCCCCCCCSCCCC(F)(F)C(F)(F)F. The van der Waals surface area contributed by atoms with Gasteiger partial charge in [-0.3, -0.25) is 0 Å². The van der Waals surface area contributed by atoms with Crippen LogP contribution in [0, 0.1) is 0 Å². The molecule has 1 nitrogen and oxygen atoms in total. The van der Waals surface area contributed by atoms with Gasteiger partial charge in [0.15, 0.2) is 0 Å². The molecule has 0 N–H and O–H groups in total. The zero-order valence-corrected chi connectivity index (χ0v) is 16.0. The molecule has 0 amide bonds. The van der Waals surface area contributed by atoms with Crippen LogP contribution in [0.1, 0.15) is 71.6 Å². The van der Waals surface area contributed by atoms with Gasteiger partial charge in [0, 0.05) is 20.1 Å². The molecule has 0 heterocycles. The summed E-state index contributed by atoms with van der Waals surface area (Å²) < 4.78 is 65.9. The van der Waals surface area contributed by atoms with Crippen molar-refractivity contribution in [3.63, 3.8) is 0 Å². The largest absolute Gasteiger partial charge is 0.453 e. The average Bonchev–Trinajstić information content (AvgIpc) is 2.52. The van der Waals surface area contributed by atoms with Crippen molar-refractivity contribution >= 4 is 11.8 Å². The molecule has 0 saturated carbocycles. The van der Waals surface area contributed by atoms with E-state index in [1.165, 1.54) is 31.0 Å². The summed E-state index contributed by atoms with van der Waals surface area (Å²) in [5.74, 6) is -3.35. The summed E-state index contributed by atoms with van der Waals surface area (Å²) in [6.07, 6.45) is 1.27. The fourth-order valence-electron chi connectivity index (χ4n) is 1.97. The molecule has 0 saturated heterocycles. The fourth-order valence-corrected chi connectivity index (χ4v) is 2.94. The first kappa shape index (κ1) is 26.2. The Morgan fingerprint density at radius 3 is 1.67 bits per heavy atom. The normalized spacial score (nSPS) is 12.0. The van der Waals surface area contributed by atoms with Gasteiger partial charge in [0.05, 0.1) is 0 Å². The molecular weight excluding hydrogens is 347 g/mol. The minimum Gasteiger partial charge on any atom is -0.385 e. The highest BCUT2D eigenvalue weighted by molar-refractivity contribution is 7.99. The van der Waals surface area contributed by atoms with Crippen LogP contribution in [0.5, 0.6) is 0 Å². The third kappa shape index (κ3) is 15.5. The minimum atomic E-state index is -5.42. The third-order valence-corrected chi connectivity index (χ3v) is 4.49. The van der Waals surface area contributed by atoms with Gasteiger partial charge < -0.3 is 4.74 Å². The van der Waals surface area contributed by atoms with Gasteiger partial charge in [0.25, 0.3) is 0 Å².